The Balaban J connectivity index is 3.31. The highest BCUT2D eigenvalue weighted by Crippen LogP contribution is 2.03. The van der Waals surface area contributed by atoms with Gasteiger partial charge in [-0.2, -0.15) is 5.48 Å². The quantitative estimate of drug-likeness (QED) is 0.574. The lowest BCUT2D eigenvalue weighted by Gasteiger charge is -2.14. The Hall–Kier alpha value is -0.610. The first-order valence-corrected chi connectivity index (χ1v) is 4.18. The summed E-state index contributed by atoms with van der Waals surface area (Å²) in [6, 6.07) is 0.254. The Bertz CT molecular complexity index is 137. The maximum atomic E-state index is 10.3. The second-order valence-corrected chi connectivity index (χ2v) is 3.40. The van der Waals surface area contributed by atoms with Gasteiger partial charge in [0.05, 0.1) is 0 Å². The predicted octanol–water partition coefficient (Wildman–Crippen LogP) is 0.428. The van der Waals surface area contributed by atoms with Crippen LogP contribution in [0, 0.1) is 5.92 Å². The van der Waals surface area contributed by atoms with E-state index >= 15 is 0 Å². The van der Waals surface area contributed by atoms with Gasteiger partial charge in [-0.3, -0.25) is 9.63 Å². The minimum Gasteiger partial charge on any atom is -0.368 e. The van der Waals surface area contributed by atoms with Crippen molar-refractivity contribution in [3.63, 3.8) is 0 Å². The fourth-order valence-corrected chi connectivity index (χ4v) is 1.01. The molecule has 12 heavy (non-hydrogen) atoms. The Morgan fingerprint density at radius 2 is 2.08 bits per heavy atom. The van der Waals surface area contributed by atoms with E-state index in [0.29, 0.717) is 5.92 Å². The van der Waals surface area contributed by atoms with Crippen LogP contribution in [0.4, 0.5) is 0 Å². The molecule has 0 aliphatic rings. The molecule has 72 valence electrons. The molecule has 1 amide bonds. The lowest BCUT2D eigenvalue weighted by molar-refractivity contribution is -0.126. The van der Waals surface area contributed by atoms with Crippen LogP contribution in [0.5, 0.6) is 0 Å². The van der Waals surface area contributed by atoms with Gasteiger partial charge in [0.1, 0.15) is 6.61 Å². The molecule has 0 aromatic heterocycles. The summed E-state index contributed by atoms with van der Waals surface area (Å²) in [7, 11) is 0. The van der Waals surface area contributed by atoms with Gasteiger partial charge in [-0.05, 0) is 19.3 Å². The highest BCUT2D eigenvalue weighted by molar-refractivity contribution is 5.74. The summed E-state index contributed by atoms with van der Waals surface area (Å²) in [5.41, 5.74) is 7.62. The van der Waals surface area contributed by atoms with E-state index in [9.17, 15) is 4.79 Å². The van der Waals surface area contributed by atoms with Crippen molar-refractivity contribution in [1.29, 1.82) is 0 Å². The van der Waals surface area contributed by atoms with Crippen molar-refractivity contribution in [1.82, 2.24) is 5.48 Å². The summed E-state index contributed by atoms with van der Waals surface area (Å²) in [5.74, 6) is 0.156. The molecule has 0 aliphatic carbocycles. The highest BCUT2D eigenvalue weighted by atomic mass is 16.6. The van der Waals surface area contributed by atoms with Gasteiger partial charge in [-0.15, -0.1) is 0 Å². The van der Waals surface area contributed by atoms with E-state index in [2.05, 4.69) is 19.3 Å². The Morgan fingerprint density at radius 1 is 1.50 bits per heavy atom. The lowest BCUT2D eigenvalue weighted by atomic mass is 10.1. The molecule has 1 unspecified atom stereocenters. The molecule has 0 aromatic carbocycles. The Morgan fingerprint density at radius 3 is 2.50 bits per heavy atom. The number of nitrogens with two attached hydrogens (primary N) is 1. The summed E-state index contributed by atoms with van der Waals surface area (Å²) in [5, 5.41) is 0. The van der Waals surface area contributed by atoms with Gasteiger partial charge in [0.2, 0.25) is 5.91 Å². The normalized spacial score (nSPS) is 13.3. The van der Waals surface area contributed by atoms with E-state index in [1.165, 1.54) is 0 Å². The number of rotatable bonds is 6. The minimum absolute atomic E-state index is 0.0670. The van der Waals surface area contributed by atoms with E-state index in [-0.39, 0.29) is 12.6 Å². The van der Waals surface area contributed by atoms with E-state index in [1.54, 1.807) is 0 Å². The zero-order valence-corrected chi connectivity index (χ0v) is 7.96. The lowest BCUT2D eigenvalue weighted by Crippen LogP contribution is -2.31. The van der Waals surface area contributed by atoms with Crippen molar-refractivity contribution < 1.29 is 9.63 Å². The second kappa shape index (κ2) is 5.97. The number of nitrogens with one attached hydrogen (secondary N) is 1. The minimum atomic E-state index is -0.459. The number of amides is 1. The van der Waals surface area contributed by atoms with Crippen LogP contribution in [0.1, 0.15) is 27.2 Å². The molecule has 4 heteroatoms. The summed E-state index contributed by atoms with van der Waals surface area (Å²) >= 11 is 0. The number of hydroxylamine groups is 1. The third-order valence-corrected chi connectivity index (χ3v) is 1.32. The molecule has 0 rings (SSSR count). The van der Waals surface area contributed by atoms with Gasteiger partial charge in [-0.1, -0.05) is 13.8 Å². The van der Waals surface area contributed by atoms with Crippen LogP contribution in [-0.4, -0.2) is 18.6 Å². The van der Waals surface area contributed by atoms with E-state index in [1.807, 2.05) is 6.92 Å². The molecule has 0 saturated heterocycles. The highest BCUT2D eigenvalue weighted by Gasteiger charge is 2.04. The van der Waals surface area contributed by atoms with Crippen LogP contribution in [-0.2, 0) is 9.63 Å². The molecular weight excluding hydrogens is 156 g/mol. The second-order valence-electron chi connectivity index (χ2n) is 3.40. The largest absolute Gasteiger partial charge is 0.368 e. The first-order valence-electron chi connectivity index (χ1n) is 4.18. The van der Waals surface area contributed by atoms with Crippen LogP contribution >= 0.6 is 0 Å². The van der Waals surface area contributed by atoms with Crippen molar-refractivity contribution in [2.45, 2.75) is 33.2 Å². The van der Waals surface area contributed by atoms with E-state index < -0.39 is 5.91 Å². The molecule has 0 saturated carbocycles. The number of hydrogen-bond donors (Lipinski definition) is 2. The maximum absolute atomic E-state index is 10.3. The van der Waals surface area contributed by atoms with E-state index in [4.69, 9.17) is 10.6 Å². The number of carbonyl (C=O) groups excluding carboxylic acids is 1. The topological polar surface area (TPSA) is 64.3 Å². The summed E-state index contributed by atoms with van der Waals surface area (Å²) in [4.78, 5) is 15.1. The number of carbonyl (C=O) groups is 1. The molecule has 3 N–H and O–H groups in total. The molecule has 0 heterocycles. The first kappa shape index (κ1) is 11.4. The number of hydrogen-bond acceptors (Lipinski definition) is 3. The molecule has 4 nitrogen and oxygen atoms in total. The zero-order valence-electron chi connectivity index (χ0n) is 7.96. The molecule has 0 spiro atoms. The molecule has 0 bridgehead atoms. The van der Waals surface area contributed by atoms with Gasteiger partial charge in [0.25, 0.3) is 0 Å². The van der Waals surface area contributed by atoms with Crippen LogP contribution in [0.15, 0.2) is 0 Å². The summed E-state index contributed by atoms with van der Waals surface area (Å²) < 4.78 is 0. The Kier molecular flexibility index (Phi) is 5.66. The third-order valence-electron chi connectivity index (χ3n) is 1.32. The van der Waals surface area contributed by atoms with Crippen molar-refractivity contribution >= 4 is 5.91 Å². The van der Waals surface area contributed by atoms with Gasteiger partial charge < -0.3 is 5.73 Å². The zero-order chi connectivity index (χ0) is 9.56. The van der Waals surface area contributed by atoms with Gasteiger partial charge >= 0.3 is 0 Å². The predicted molar refractivity (Wildman–Crippen MR) is 47.2 cm³/mol. The summed E-state index contributed by atoms with van der Waals surface area (Å²) in [6.45, 7) is 6.20. The molecule has 0 aromatic rings. The molecule has 0 fully saturated rings. The SMILES string of the molecule is CC(C)CC(C)NOCC(N)=O. The van der Waals surface area contributed by atoms with Crippen LogP contribution in [0.25, 0.3) is 0 Å². The third kappa shape index (κ3) is 7.50. The van der Waals surface area contributed by atoms with Crippen molar-refractivity contribution in [2.24, 2.45) is 11.7 Å². The standard InChI is InChI=1S/C8H18N2O2/c1-6(2)4-7(3)10-12-5-8(9)11/h6-7,10H,4-5H2,1-3H3,(H2,9,11). The molecule has 0 radical (unpaired) electrons. The average Bonchev–Trinajstić information content (AvgIpc) is 1.84. The Labute approximate surface area is 73.4 Å². The maximum Gasteiger partial charge on any atom is 0.245 e. The molecular formula is C8H18N2O2. The fraction of sp³-hybridized carbons (Fsp3) is 0.875. The van der Waals surface area contributed by atoms with Crippen LogP contribution in [0.2, 0.25) is 0 Å². The first-order chi connectivity index (χ1) is 5.52. The van der Waals surface area contributed by atoms with Crippen molar-refractivity contribution in [3.05, 3.63) is 0 Å². The summed E-state index contributed by atoms with van der Waals surface area (Å²) in [6.07, 6.45) is 1.01. The molecule has 0 aliphatic heterocycles. The number of primary amides is 1. The van der Waals surface area contributed by atoms with E-state index in [0.717, 1.165) is 6.42 Å². The molecule has 1 atom stereocenters. The average molecular weight is 174 g/mol. The van der Waals surface area contributed by atoms with Crippen LogP contribution < -0.4 is 11.2 Å². The van der Waals surface area contributed by atoms with Gasteiger partial charge in [-0.25, -0.2) is 0 Å². The van der Waals surface area contributed by atoms with Gasteiger partial charge in [0.15, 0.2) is 0 Å². The van der Waals surface area contributed by atoms with Gasteiger partial charge in [0, 0.05) is 6.04 Å². The van der Waals surface area contributed by atoms with Crippen LogP contribution in [0.3, 0.4) is 0 Å². The monoisotopic (exact) mass is 174 g/mol. The smallest absolute Gasteiger partial charge is 0.245 e. The van der Waals surface area contributed by atoms with Crippen molar-refractivity contribution in [2.75, 3.05) is 6.61 Å². The fourth-order valence-electron chi connectivity index (χ4n) is 1.01. The van der Waals surface area contributed by atoms with Crippen molar-refractivity contribution in [3.8, 4) is 0 Å².